The highest BCUT2D eigenvalue weighted by atomic mass is 32.2. The third-order valence-corrected chi connectivity index (χ3v) is 5.71. The first-order valence-corrected chi connectivity index (χ1v) is 9.95. The number of thiophene rings is 1. The molecule has 1 amide bonds. The summed E-state index contributed by atoms with van der Waals surface area (Å²) in [5.74, 6) is 1.03. The molecule has 1 N–H and O–H groups in total. The van der Waals surface area contributed by atoms with E-state index in [2.05, 4.69) is 43.7 Å². The molecule has 3 heterocycles. The van der Waals surface area contributed by atoms with Crippen LogP contribution in [0.3, 0.4) is 0 Å². The molecule has 0 saturated heterocycles. The first-order chi connectivity index (χ1) is 13.1. The molecule has 0 fully saturated rings. The Balaban J connectivity index is 1.55. The number of aromatic nitrogens is 4. The number of aryl methyl sites for hydroxylation is 2. The van der Waals surface area contributed by atoms with Gasteiger partial charge in [-0.1, -0.05) is 47.2 Å². The predicted molar refractivity (Wildman–Crippen MR) is 106 cm³/mol. The number of carbonyl (C=O) groups excluding carboxylic acids is 1. The molecule has 7 nitrogen and oxygen atoms in total. The second kappa shape index (κ2) is 7.45. The molecule has 4 aromatic rings. The van der Waals surface area contributed by atoms with Gasteiger partial charge < -0.3 is 4.42 Å². The number of hydrogen-bond acceptors (Lipinski definition) is 8. The summed E-state index contributed by atoms with van der Waals surface area (Å²) >= 11 is 2.98. The van der Waals surface area contributed by atoms with Crippen molar-refractivity contribution in [3.63, 3.8) is 0 Å². The van der Waals surface area contributed by atoms with Crippen molar-refractivity contribution >= 4 is 45.2 Å². The third-order valence-electron chi connectivity index (χ3n) is 3.64. The van der Waals surface area contributed by atoms with E-state index in [0.29, 0.717) is 11.7 Å². The second-order valence-corrected chi connectivity index (χ2v) is 7.73. The molecular formula is C18H15N5O2S2. The molecule has 0 atom stereocenters. The minimum absolute atomic E-state index is 0.101. The van der Waals surface area contributed by atoms with Crippen molar-refractivity contribution in [3.05, 3.63) is 48.1 Å². The van der Waals surface area contributed by atoms with Gasteiger partial charge >= 0.3 is 6.01 Å². The molecule has 4 rings (SSSR count). The molecule has 0 aliphatic carbocycles. The number of carbonyl (C=O) groups is 1. The van der Waals surface area contributed by atoms with E-state index >= 15 is 0 Å². The minimum atomic E-state index is -0.230. The maximum Gasteiger partial charge on any atom is 0.322 e. The van der Waals surface area contributed by atoms with Crippen LogP contribution in [0.15, 0.2) is 45.8 Å². The molecule has 9 heteroatoms. The molecule has 0 unspecified atom stereocenters. The lowest BCUT2D eigenvalue weighted by atomic mass is 10.2. The highest BCUT2D eigenvalue weighted by Crippen LogP contribution is 2.36. The Hall–Kier alpha value is -2.78. The van der Waals surface area contributed by atoms with Crippen LogP contribution < -0.4 is 5.32 Å². The van der Waals surface area contributed by atoms with Crippen LogP contribution in [0.25, 0.3) is 20.7 Å². The largest absolute Gasteiger partial charge is 0.408 e. The second-order valence-electron chi connectivity index (χ2n) is 5.73. The van der Waals surface area contributed by atoms with Crippen LogP contribution in [-0.2, 0) is 4.79 Å². The molecule has 0 radical (unpaired) electrons. The van der Waals surface area contributed by atoms with Gasteiger partial charge in [0, 0.05) is 17.2 Å². The number of hydrogen-bond donors (Lipinski definition) is 1. The summed E-state index contributed by atoms with van der Waals surface area (Å²) in [6.07, 6.45) is 0. The molecule has 27 heavy (non-hydrogen) atoms. The van der Waals surface area contributed by atoms with Crippen molar-refractivity contribution in [1.82, 2.24) is 20.2 Å². The zero-order valence-corrected chi connectivity index (χ0v) is 16.2. The maximum atomic E-state index is 12.1. The van der Waals surface area contributed by atoms with E-state index in [4.69, 9.17) is 4.42 Å². The van der Waals surface area contributed by atoms with Gasteiger partial charge in [-0.25, -0.2) is 9.97 Å². The number of amides is 1. The Morgan fingerprint density at radius 3 is 2.74 bits per heavy atom. The number of fused-ring (bicyclic) bond motifs is 1. The summed E-state index contributed by atoms with van der Waals surface area (Å²) in [6, 6.07) is 12.3. The fraction of sp³-hybridized carbons (Fsp3) is 0.167. The summed E-state index contributed by atoms with van der Waals surface area (Å²) in [6.45, 7) is 3.52. The molecule has 0 aliphatic heterocycles. The maximum absolute atomic E-state index is 12.1. The van der Waals surface area contributed by atoms with Gasteiger partial charge in [-0.15, -0.1) is 16.4 Å². The Labute approximate surface area is 163 Å². The van der Waals surface area contributed by atoms with Crippen LogP contribution in [0.4, 0.5) is 6.01 Å². The van der Waals surface area contributed by atoms with Gasteiger partial charge in [0.25, 0.3) is 0 Å². The van der Waals surface area contributed by atoms with E-state index < -0.39 is 0 Å². The van der Waals surface area contributed by atoms with Crippen LogP contribution in [0.2, 0.25) is 0 Å². The standard InChI is InChI=1S/C18H15N5O2S2/c1-10-19-16(26-9-15(24)21-18-23-22-11(2)25-18)13-8-14(27-17(13)20-10)12-6-4-3-5-7-12/h3-8H,9H2,1-2H3,(H,21,23,24). The molecule has 0 bridgehead atoms. The third kappa shape index (κ3) is 3.99. The van der Waals surface area contributed by atoms with E-state index in [1.54, 1.807) is 18.3 Å². The van der Waals surface area contributed by atoms with Crippen molar-refractivity contribution < 1.29 is 9.21 Å². The van der Waals surface area contributed by atoms with Crippen LogP contribution in [-0.4, -0.2) is 31.8 Å². The summed E-state index contributed by atoms with van der Waals surface area (Å²) in [5.41, 5.74) is 1.14. The minimum Gasteiger partial charge on any atom is -0.408 e. The van der Waals surface area contributed by atoms with E-state index in [1.165, 1.54) is 11.8 Å². The number of rotatable bonds is 5. The van der Waals surface area contributed by atoms with Gasteiger partial charge in [0.2, 0.25) is 11.8 Å². The van der Waals surface area contributed by atoms with Crippen LogP contribution in [0.5, 0.6) is 0 Å². The van der Waals surface area contributed by atoms with Crippen LogP contribution in [0, 0.1) is 13.8 Å². The highest BCUT2D eigenvalue weighted by molar-refractivity contribution is 8.00. The van der Waals surface area contributed by atoms with Gasteiger partial charge in [0.05, 0.1) is 5.75 Å². The Kier molecular flexibility index (Phi) is 4.87. The Bertz CT molecular complexity index is 1110. The fourth-order valence-electron chi connectivity index (χ4n) is 2.49. The lowest BCUT2D eigenvalue weighted by molar-refractivity contribution is -0.113. The highest BCUT2D eigenvalue weighted by Gasteiger charge is 2.14. The number of anilines is 1. The molecule has 1 aromatic carbocycles. The van der Waals surface area contributed by atoms with Gasteiger partial charge in [-0.2, -0.15) is 0 Å². The van der Waals surface area contributed by atoms with Crippen molar-refractivity contribution in [2.24, 2.45) is 0 Å². The van der Waals surface area contributed by atoms with Gasteiger partial charge in [0.1, 0.15) is 15.7 Å². The van der Waals surface area contributed by atoms with Crippen molar-refractivity contribution in [3.8, 4) is 10.4 Å². The SMILES string of the molecule is Cc1nc(SCC(=O)Nc2nnc(C)o2)c2cc(-c3ccccc3)sc2n1. The average molecular weight is 397 g/mol. The van der Waals surface area contributed by atoms with E-state index in [0.717, 1.165) is 25.7 Å². The number of nitrogens with zero attached hydrogens (tertiary/aromatic N) is 4. The lowest BCUT2D eigenvalue weighted by Gasteiger charge is -2.03. The first-order valence-electron chi connectivity index (χ1n) is 8.15. The lowest BCUT2D eigenvalue weighted by Crippen LogP contribution is -2.14. The zero-order chi connectivity index (χ0) is 18.8. The van der Waals surface area contributed by atoms with Gasteiger partial charge in [-0.05, 0) is 18.6 Å². The summed E-state index contributed by atoms with van der Waals surface area (Å²) in [4.78, 5) is 23.2. The van der Waals surface area contributed by atoms with Crippen LogP contribution in [0.1, 0.15) is 11.7 Å². The normalized spacial score (nSPS) is 11.0. The molecule has 3 aromatic heterocycles. The molecular weight excluding hydrogens is 382 g/mol. The van der Waals surface area contributed by atoms with Gasteiger partial charge in [-0.3, -0.25) is 10.1 Å². The first kappa shape index (κ1) is 17.6. The predicted octanol–water partition coefficient (Wildman–Crippen LogP) is 4.09. The van der Waals surface area contributed by atoms with Crippen molar-refractivity contribution in [2.45, 2.75) is 18.9 Å². The topological polar surface area (TPSA) is 93.8 Å². The average Bonchev–Trinajstić information content (AvgIpc) is 3.26. The van der Waals surface area contributed by atoms with Crippen LogP contribution >= 0.6 is 23.1 Å². The van der Waals surface area contributed by atoms with Crippen molar-refractivity contribution in [2.75, 3.05) is 11.1 Å². The number of thioether (sulfide) groups is 1. The van der Waals surface area contributed by atoms with Gasteiger partial charge in [0.15, 0.2) is 0 Å². The molecule has 136 valence electrons. The number of nitrogens with one attached hydrogen (secondary N) is 1. The zero-order valence-electron chi connectivity index (χ0n) is 14.6. The molecule has 0 aliphatic rings. The van der Waals surface area contributed by atoms with E-state index in [9.17, 15) is 4.79 Å². The van der Waals surface area contributed by atoms with E-state index in [-0.39, 0.29) is 17.7 Å². The summed E-state index contributed by atoms with van der Waals surface area (Å²) in [5, 5.41) is 11.8. The van der Waals surface area contributed by atoms with Crippen molar-refractivity contribution in [1.29, 1.82) is 0 Å². The quantitative estimate of drug-likeness (QED) is 0.400. The summed E-state index contributed by atoms with van der Waals surface area (Å²) < 4.78 is 5.16. The smallest absolute Gasteiger partial charge is 0.322 e. The number of benzene rings is 1. The Morgan fingerprint density at radius 2 is 2.00 bits per heavy atom. The summed E-state index contributed by atoms with van der Waals surface area (Å²) in [7, 11) is 0. The Morgan fingerprint density at radius 1 is 1.19 bits per heavy atom. The monoisotopic (exact) mass is 397 g/mol. The van der Waals surface area contributed by atoms with E-state index in [1.807, 2.05) is 25.1 Å². The molecule has 0 spiro atoms. The molecule has 0 saturated carbocycles. The fourth-order valence-corrected chi connectivity index (χ4v) is 4.48.